The molecule has 0 aliphatic heterocycles. The van der Waals surface area contributed by atoms with Crippen LogP contribution in [0.15, 0.2) is 24.4 Å². The lowest BCUT2D eigenvalue weighted by atomic mass is 10.2. The highest BCUT2D eigenvalue weighted by atomic mass is 35.5. The van der Waals surface area contributed by atoms with E-state index >= 15 is 0 Å². The fourth-order valence-corrected chi connectivity index (χ4v) is 1.70. The van der Waals surface area contributed by atoms with Gasteiger partial charge in [0.1, 0.15) is 0 Å². The molecule has 16 heavy (non-hydrogen) atoms. The van der Waals surface area contributed by atoms with Crippen molar-refractivity contribution in [1.82, 2.24) is 15.0 Å². The normalized spacial score (nSPS) is 10.7. The van der Waals surface area contributed by atoms with E-state index in [4.69, 9.17) is 28.9 Å². The van der Waals surface area contributed by atoms with Gasteiger partial charge in [0, 0.05) is 6.54 Å². The Kier molecular flexibility index (Phi) is 3.43. The van der Waals surface area contributed by atoms with E-state index in [1.807, 2.05) is 12.1 Å². The van der Waals surface area contributed by atoms with Crippen LogP contribution < -0.4 is 5.73 Å². The number of hydrogen-bond acceptors (Lipinski definition) is 3. The van der Waals surface area contributed by atoms with Gasteiger partial charge in [-0.15, -0.1) is 5.10 Å². The smallest absolute Gasteiger partial charge is 0.0738 e. The van der Waals surface area contributed by atoms with Crippen LogP contribution in [0.2, 0.25) is 10.0 Å². The van der Waals surface area contributed by atoms with Gasteiger partial charge in [0.2, 0.25) is 0 Å². The predicted octanol–water partition coefficient (Wildman–Crippen LogP) is 2.09. The van der Waals surface area contributed by atoms with E-state index < -0.39 is 0 Å². The van der Waals surface area contributed by atoms with Crippen LogP contribution >= 0.6 is 23.2 Å². The van der Waals surface area contributed by atoms with Crippen molar-refractivity contribution in [3.05, 3.63) is 45.7 Å². The topological polar surface area (TPSA) is 56.7 Å². The summed E-state index contributed by atoms with van der Waals surface area (Å²) in [4.78, 5) is 0. The quantitative estimate of drug-likeness (QED) is 0.915. The highest BCUT2D eigenvalue weighted by Crippen LogP contribution is 2.22. The zero-order valence-corrected chi connectivity index (χ0v) is 9.91. The molecule has 0 aliphatic rings. The SMILES string of the molecule is NCc1cnnn1Cc1ccc(Cl)c(Cl)c1. The summed E-state index contributed by atoms with van der Waals surface area (Å²) in [5.74, 6) is 0. The number of aromatic nitrogens is 3. The molecule has 84 valence electrons. The molecule has 0 radical (unpaired) electrons. The van der Waals surface area contributed by atoms with E-state index in [0.29, 0.717) is 23.1 Å². The molecule has 0 saturated carbocycles. The monoisotopic (exact) mass is 256 g/mol. The first kappa shape index (κ1) is 11.4. The molecular weight excluding hydrogens is 247 g/mol. The van der Waals surface area contributed by atoms with E-state index in [2.05, 4.69) is 10.3 Å². The molecule has 1 aromatic carbocycles. The van der Waals surface area contributed by atoms with Crippen LogP contribution in [0.3, 0.4) is 0 Å². The van der Waals surface area contributed by atoms with Crippen molar-refractivity contribution in [1.29, 1.82) is 0 Å². The Morgan fingerprint density at radius 1 is 1.25 bits per heavy atom. The molecule has 2 aromatic rings. The second-order valence-corrected chi connectivity index (χ2v) is 4.15. The van der Waals surface area contributed by atoms with Gasteiger partial charge in [0.05, 0.1) is 28.5 Å². The van der Waals surface area contributed by atoms with E-state index in [0.717, 1.165) is 11.3 Å². The Labute approximate surface area is 103 Å². The number of rotatable bonds is 3. The second-order valence-electron chi connectivity index (χ2n) is 3.34. The molecule has 0 bridgehead atoms. The van der Waals surface area contributed by atoms with Crippen molar-refractivity contribution in [2.24, 2.45) is 5.73 Å². The Morgan fingerprint density at radius 3 is 2.75 bits per heavy atom. The lowest BCUT2D eigenvalue weighted by molar-refractivity contribution is 0.619. The Bertz CT molecular complexity index is 495. The summed E-state index contributed by atoms with van der Waals surface area (Å²) in [5, 5.41) is 8.83. The maximum absolute atomic E-state index is 5.93. The van der Waals surface area contributed by atoms with Crippen LogP contribution in [0.1, 0.15) is 11.3 Å². The van der Waals surface area contributed by atoms with Crippen molar-refractivity contribution >= 4 is 23.2 Å². The molecule has 2 rings (SSSR count). The first-order valence-electron chi connectivity index (χ1n) is 4.72. The summed E-state index contributed by atoms with van der Waals surface area (Å²) >= 11 is 11.8. The van der Waals surface area contributed by atoms with Gasteiger partial charge >= 0.3 is 0 Å². The zero-order valence-electron chi connectivity index (χ0n) is 8.40. The number of halogens is 2. The van der Waals surface area contributed by atoms with Gasteiger partial charge in [0.25, 0.3) is 0 Å². The summed E-state index contributed by atoms with van der Waals surface area (Å²) in [6.07, 6.45) is 1.65. The maximum Gasteiger partial charge on any atom is 0.0738 e. The summed E-state index contributed by atoms with van der Waals surface area (Å²) in [6, 6.07) is 5.47. The third-order valence-corrected chi connectivity index (χ3v) is 2.96. The predicted molar refractivity (Wildman–Crippen MR) is 63.5 cm³/mol. The van der Waals surface area contributed by atoms with Gasteiger partial charge in [-0.25, -0.2) is 4.68 Å². The molecule has 4 nitrogen and oxygen atoms in total. The molecule has 0 unspecified atom stereocenters. The van der Waals surface area contributed by atoms with Gasteiger partial charge in [-0.1, -0.05) is 34.5 Å². The molecule has 0 atom stereocenters. The van der Waals surface area contributed by atoms with E-state index in [9.17, 15) is 0 Å². The van der Waals surface area contributed by atoms with Gasteiger partial charge in [-0.05, 0) is 17.7 Å². The fourth-order valence-electron chi connectivity index (χ4n) is 1.38. The fraction of sp³-hybridized carbons (Fsp3) is 0.200. The molecule has 0 saturated heterocycles. The van der Waals surface area contributed by atoms with Crippen molar-refractivity contribution in [2.45, 2.75) is 13.1 Å². The molecule has 6 heteroatoms. The van der Waals surface area contributed by atoms with E-state index in [1.54, 1.807) is 16.9 Å². The second kappa shape index (κ2) is 4.82. The lowest BCUT2D eigenvalue weighted by Crippen LogP contribution is -2.09. The van der Waals surface area contributed by atoms with Crippen LogP contribution in [-0.4, -0.2) is 15.0 Å². The third-order valence-electron chi connectivity index (χ3n) is 2.22. The molecule has 1 aromatic heterocycles. The van der Waals surface area contributed by atoms with Crippen molar-refractivity contribution in [2.75, 3.05) is 0 Å². The van der Waals surface area contributed by atoms with Gasteiger partial charge < -0.3 is 5.73 Å². The molecule has 0 fully saturated rings. The third kappa shape index (κ3) is 2.35. The number of benzene rings is 1. The Hall–Kier alpha value is -1.10. The summed E-state index contributed by atoms with van der Waals surface area (Å²) < 4.78 is 1.74. The maximum atomic E-state index is 5.93. The van der Waals surface area contributed by atoms with Crippen LogP contribution in [0.5, 0.6) is 0 Å². The minimum absolute atomic E-state index is 0.411. The first-order chi connectivity index (χ1) is 7.70. The standard InChI is InChI=1S/C10H10Cl2N4/c11-9-2-1-7(3-10(9)12)6-16-8(4-13)5-14-15-16/h1-3,5H,4,6,13H2. The zero-order chi connectivity index (χ0) is 11.5. The van der Waals surface area contributed by atoms with Crippen LogP contribution in [0.4, 0.5) is 0 Å². The largest absolute Gasteiger partial charge is 0.325 e. The van der Waals surface area contributed by atoms with Crippen LogP contribution in [0.25, 0.3) is 0 Å². The Balaban J connectivity index is 2.24. The molecule has 1 heterocycles. The van der Waals surface area contributed by atoms with Gasteiger partial charge in [-0.3, -0.25) is 0 Å². The summed E-state index contributed by atoms with van der Waals surface area (Å²) in [5.41, 5.74) is 7.44. The Morgan fingerprint density at radius 2 is 2.06 bits per heavy atom. The average Bonchev–Trinajstić information content (AvgIpc) is 2.71. The lowest BCUT2D eigenvalue weighted by Gasteiger charge is -2.05. The highest BCUT2D eigenvalue weighted by molar-refractivity contribution is 6.42. The van der Waals surface area contributed by atoms with E-state index in [1.165, 1.54) is 0 Å². The number of nitrogens with zero attached hydrogens (tertiary/aromatic N) is 3. The van der Waals surface area contributed by atoms with Crippen molar-refractivity contribution < 1.29 is 0 Å². The summed E-state index contributed by atoms with van der Waals surface area (Å²) in [6.45, 7) is 0.998. The molecule has 0 aliphatic carbocycles. The average molecular weight is 257 g/mol. The van der Waals surface area contributed by atoms with E-state index in [-0.39, 0.29) is 0 Å². The molecule has 0 amide bonds. The van der Waals surface area contributed by atoms with Gasteiger partial charge in [0.15, 0.2) is 0 Å². The molecule has 0 spiro atoms. The molecular formula is C10H10Cl2N4. The van der Waals surface area contributed by atoms with Crippen LogP contribution in [-0.2, 0) is 13.1 Å². The van der Waals surface area contributed by atoms with Crippen LogP contribution in [0, 0.1) is 0 Å². The van der Waals surface area contributed by atoms with Crippen molar-refractivity contribution in [3.8, 4) is 0 Å². The minimum atomic E-state index is 0.411. The highest BCUT2D eigenvalue weighted by Gasteiger charge is 2.04. The molecule has 2 N–H and O–H groups in total. The first-order valence-corrected chi connectivity index (χ1v) is 5.47. The number of nitrogens with two attached hydrogens (primary N) is 1. The number of hydrogen-bond donors (Lipinski definition) is 1. The summed E-state index contributed by atoms with van der Waals surface area (Å²) in [7, 11) is 0. The van der Waals surface area contributed by atoms with Gasteiger partial charge in [-0.2, -0.15) is 0 Å². The minimum Gasteiger partial charge on any atom is -0.325 e. The van der Waals surface area contributed by atoms with Crippen molar-refractivity contribution in [3.63, 3.8) is 0 Å².